The van der Waals surface area contributed by atoms with E-state index in [-0.39, 0.29) is 80.3 Å². The summed E-state index contributed by atoms with van der Waals surface area (Å²) in [6.07, 6.45) is 4.47. The molecule has 3 fully saturated rings. The van der Waals surface area contributed by atoms with Crippen molar-refractivity contribution in [3.05, 3.63) is 35.4 Å². The zero-order valence-electron chi connectivity index (χ0n) is 25.3. The van der Waals surface area contributed by atoms with E-state index >= 15 is 0 Å². The van der Waals surface area contributed by atoms with E-state index in [0.29, 0.717) is 30.2 Å². The highest BCUT2D eigenvalue weighted by molar-refractivity contribution is 5.97. The van der Waals surface area contributed by atoms with Gasteiger partial charge in [-0.3, -0.25) is 9.59 Å². The molecule has 244 valence electrons. The molecule has 0 radical (unpaired) electrons. The molecule has 2 atom stereocenters. The van der Waals surface area contributed by atoms with Gasteiger partial charge in [-0.15, -0.1) is 0 Å². The molecule has 0 aromatic carbocycles. The summed E-state index contributed by atoms with van der Waals surface area (Å²) in [5.74, 6) is -6.37. The van der Waals surface area contributed by atoms with Crippen molar-refractivity contribution in [3.8, 4) is 0 Å². The fourth-order valence-corrected chi connectivity index (χ4v) is 6.65. The van der Waals surface area contributed by atoms with Crippen molar-refractivity contribution in [2.75, 3.05) is 18.0 Å². The van der Waals surface area contributed by atoms with Gasteiger partial charge in [0.25, 0.3) is 5.91 Å². The predicted octanol–water partition coefficient (Wildman–Crippen LogP) is 5.26. The van der Waals surface area contributed by atoms with Crippen molar-refractivity contribution in [1.29, 1.82) is 0 Å². The lowest BCUT2D eigenvalue weighted by Gasteiger charge is -2.34. The number of hydrogen-bond donors (Lipinski definition) is 2. The number of hydrogen-bond acceptors (Lipinski definition) is 8. The highest BCUT2D eigenvalue weighted by Crippen LogP contribution is 2.45. The fraction of sp³-hybridized carbons (Fsp3) is 0.667. The van der Waals surface area contributed by atoms with Crippen LogP contribution in [0, 0.1) is 17.8 Å². The highest BCUT2D eigenvalue weighted by atomic mass is 19.3. The number of alkyl halides is 4. The van der Waals surface area contributed by atoms with Crippen molar-refractivity contribution in [1.82, 2.24) is 35.5 Å². The fourth-order valence-electron chi connectivity index (χ4n) is 6.65. The van der Waals surface area contributed by atoms with Crippen LogP contribution < -0.4 is 15.5 Å². The summed E-state index contributed by atoms with van der Waals surface area (Å²) in [6, 6.07) is 0.773. The van der Waals surface area contributed by atoms with E-state index < -0.39 is 23.8 Å². The first-order valence-electron chi connectivity index (χ1n) is 15.7. The van der Waals surface area contributed by atoms with Crippen LogP contribution in [0.4, 0.5) is 23.4 Å². The van der Waals surface area contributed by atoms with E-state index in [2.05, 4.69) is 26.0 Å². The van der Waals surface area contributed by atoms with Crippen LogP contribution in [0.1, 0.15) is 105 Å². The second-order valence-electron chi connectivity index (χ2n) is 12.7. The van der Waals surface area contributed by atoms with Crippen molar-refractivity contribution in [2.24, 2.45) is 17.8 Å². The second-order valence-corrected chi connectivity index (χ2v) is 12.7. The number of carbonyl (C=O) groups excluding carboxylic acids is 2. The molecular formula is C30H38F4N8O3. The number of imidazole rings is 1. The Morgan fingerprint density at radius 1 is 1.00 bits per heavy atom. The van der Waals surface area contributed by atoms with Crippen molar-refractivity contribution in [3.63, 3.8) is 0 Å². The van der Waals surface area contributed by atoms with Crippen LogP contribution in [0.5, 0.6) is 0 Å². The molecule has 0 bridgehead atoms. The summed E-state index contributed by atoms with van der Waals surface area (Å²) in [6.45, 7) is 4.98. The van der Waals surface area contributed by atoms with Gasteiger partial charge in [-0.1, -0.05) is 0 Å². The Bertz CT molecular complexity index is 1520. The molecule has 0 spiro atoms. The molecule has 3 aromatic heterocycles. The van der Waals surface area contributed by atoms with Crippen molar-refractivity contribution >= 4 is 23.3 Å². The number of nitrogens with one attached hydrogen (secondary N) is 2. The van der Waals surface area contributed by atoms with Gasteiger partial charge < -0.3 is 15.5 Å². The van der Waals surface area contributed by atoms with Crippen LogP contribution in [0.2, 0.25) is 0 Å². The summed E-state index contributed by atoms with van der Waals surface area (Å²) in [7, 11) is 0. The smallest absolute Gasteiger partial charge is 0.278 e. The minimum absolute atomic E-state index is 0.00245. The zero-order valence-corrected chi connectivity index (χ0v) is 25.3. The lowest BCUT2D eigenvalue weighted by atomic mass is 9.79. The SMILES string of the molecule is CCN(CC)c1nonc1C(=O)N[C@H](c1cn2ncc([C@H](NC(=O)CC3CC(F)(F)C3)C3CC3)cc2n1)C1CCC(F)(F)CC1. The van der Waals surface area contributed by atoms with Gasteiger partial charge in [0.05, 0.1) is 30.2 Å². The van der Waals surface area contributed by atoms with Crippen LogP contribution in [-0.2, 0) is 4.79 Å². The summed E-state index contributed by atoms with van der Waals surface area (Å²) in [5, 5.41) is 18.3. The maximum absolute atomic E-state index is 14.1. The van der Waals surface area contributed by atoms with Crippen LogP contribution in [0.25, 0.3) is 5.65 Å². The average molecular weight is 635 g/mol. The molecule has 0 unspecified atom stereocenters. The molecule has 3 aliphatic carbocycles. The number of anilines is 1. The van der Waals surface area contributed by atoms with E-state index in [9.17, 15) is 27.2 Å². The molecule has 15 heteroatoms. The third-order valence-corrected chi connectivity index (χ3v) is 9.37. The molecule has 6 rings (SSSR count). The van der Waals surface area contributed by atoms with Gasteiger partial charge in [-0.25, -0.2) is 31.7 Å². The van der Waals surface area contributed by atoms with Crippen molar-refractivity contribution in [2.45, 2.75) is 95.6 Å². The molecule has 3 aromatic rings. The van der Waals surface area contributed by atoms with E-state index in [1.54, 1.807) is 16.9 Å². The Morgan fingerprint density at radius 2 is 1.69 bits per heavy atom. The number of fused-ring (bicyclic) bond motifs is 1. The first-order chi connectivity index (χ1) is 21.4. The van der Waals surface area contributed by atoms with E-state index in [1.807, 2.05) is 24.8 Å². The Balaban J connectivity index is 1.24. The lowest BCUT2D eigenvalue weighted by Crippen LogP contribution is -2.39. The Hall–Kier alpha value is -3.78. The maximum Gasteiger partial charge on any atom is 0.278 e. The van der Waals surface area contributed by atoms with Gasteiger partial charge in [0.1, 0.15) is 0 Å². The molecule has 3 saturated carbocycles. The van der Waals surface area contributed by atoms with E-state index in [1.165, 1.54) is 0 Å². The zero-order chi connectivity index (χ0) is 31.9. The minimum atomic E-state index is -2.76. The van der Waals surface area contributed by atoms with Gasteiger partial charge in [0.2, 0.25) is 29.3 Å². The number of nitrogens with zero attached hydrogens (tertiary/aromatic N) is 6. The monoisotopic (exact) mass is 634 g/mol. The molecule has 45 heavy (non-hydrogen) atoms. The summed E-state index contributed by atoms with van der Waals surface area (Å²) in [4.78, 5) is 32.9. The summed E-state index contributed by atoms with van der Waals surface area (Å²) in [5.41, 5.74) is 1.67. The van der Waals surface area contributed by atoms with E-state index in [0.717, 1.165) is 18.4 Å². The maximum atomic E-state index is 14.1. The number of amides is 2. The molecule has 2 amide bonds. The summed E-state index contributed by atoms with van der Waals surface area (Å²) >= 11 is 0. The Labute approximate surface area is 257 Å². The van der Waals surface area contributed by atoms with Crippen LogP contribution in [0.15, 0.2) is 23.1 Å². The third-order valence-electron chi connectivity index (χ3n) is 9.37. The number of aromatic nitrogens is 5. The van der Waals surface area contributed by atoms with Gasteiger partial charge >= 0.3 is 0 Å². The average Bonchev–Trinajstić information content (AvgIpc) is 3.54. The summed E-state index contributed by atoms with van der Waals surface area (Å²) < 4.78 is 61.2. The second kappa shape index (κ2) is 12.2. The molecular weight excluding hydrogens is 596 g/mol. The van der Waals surface area contributed by atoms with Crippen LogP contribution in [0.3, 0.4) is 0 Å². The molecule has 3 aliphatic rings. The standard InChI is InChI=1S/C30H38F4N8O3/c1-3-41(4-2)27-26(39-45-40-27)28(44)38-25(19-7-9-29(31,32)10-8-19)21-16-42-22(36-21)12-20(15-35-42)24(18-5-6-18)37-23(43)11-17-13-30(33,34)14-17/h12,15-19,24-25H,3-11,13-14H2,1-2H3,(H,37,43)(H,38,44)/t24-,25+/m1/s1. The normalized spacial score (nSPS) is 21.2. The lowest BCUT2D eigenvalue weighted by molar-refractivity contribution is -0.134. The molecule has 0 saturated heterocycles. The van der Waals surface area contributed by atoms with Gasteiger partial charge in [0, 0.05) is 45.2 Å². The van der Waals surface area contributed by atoms with Gasteiger partial charge in [-0.05, 0) is 79.2 Å². The van der Waals surface area contributed by atoms with Gasteiger partial charge in [-0.2, -0.15) is 5.10 Å². The molecule has 11 nitrogen and oxygen atoms in total. The van der Waals surface area contributed by atoms with Crippen LogP contribution in [-0.4, -0.2) is 61.7 Å². The topological polar surface area (TPSA) is 131 Å². The Morgan fingerprint density at radius 3 is 2.33 bits per heavy atom. The molecule has 0 aliphatic heterocycles. The van der Waals surface area contributed by atoms with Crippen LogP contribution >= 0.6 is 0 Å². The predicted molar refractivity (Wildman–Crippen MR) is 154 cm³/mol. The third kappa shape index (κ3) is 6.91. The van der Waals surface area contributed by atoms with Crippen molar-refractivity contribution < 1.29 is 31.8 Å². The molecule has 2 N–H and O–H groups in total. The first-order valence-corrected chi connectivity index (χ1v) is 15.7. The largest absolute Gasteiger partial charge is 0.352 e. The number of halogens is 4. The quantitative estimate of drug-likeness (QED) is 0.258. The minimum Gasteiger partial charge on any atom is -0.352 e. The van der Waals surface area contributed by atoms with Gasteiger partial charge in [0.15, 0.2) is 5.65 Å². The first kappa shape index (κ1) is 31.2. The van der Waals surface area contributed by atoms with E-state index in [4.69, 9.17) is 9.61 Å². The Kier molecular flexibility index (Phi) is 8.46. The number of rotatable bonds is 12. The molecule has 3 heterocycles. The highest BCUT2D eigenvalue weighted by Gasteiger charge is 2.46. The number of carbonyl (C=O) groups is 2.